The highest BCUT2D eigenvalue weighted by Gasteiger charge is 2.14. The lowest BCUT2D eigenvalue weighted by molar-refractivity contribution is 0.680. The normalized spacial score (nSPS) is 18.2. The average molecular weight is 241 g/mol. The number of anilines is 1. The number of hydrogen-bond acceptors (Lipinski definition) is 2. The number of benzene rings is 1. The van der Waals surface area contributed by atoms with Crippen molar-refractivity contribution in [1.82, 2.24) is 9.55 Å². The lowest BCUT2D eigenvalue weighted by Gasteiger charge is -2.24. The van der Waals surface area contributed by atoms with Crippen molar-refractivity contribution in [2.75, 3.05) is 5.32 Å². The molecule has 0 spiro atoms. The monoisotopic (exact) mass is 241 g/mol. The number of imidazole rings is 1. The molecule has 94 valence electrons. The van der Waals surface area contributed by atoms with E-state index in [4.69, 9.17) is 0 Å². The zero-order valence-electron chi connectivity index (χ0n) is 11.0. The molecule has 1 atom stereocenters. The fourth-order valence-corrected chi connectivity index (χ4v) is 2.56. The molecule has 2 aromatic rings. The maximum atomic E-state index is 4.38. The smallest absolute Gasteiger partial charge is 0.112 e. The molecule has 1 unspecified atom stereocenters. The Bertz CT molecular complexity index is 557. The van der Waals surface area contributed by atoms with Crippen LogP contribution >= 0.6 is 0 Å². The molecule has 18 heavy (non-hydrogen) atoms. The molecule has 1 aromatic carbocycles. The standard InChI is InChI=1S/C15H19N3/c1-11-3-5-13-9-12(4-6-14(13)17-11)10-15-16-7-8-18(15)2/h4,6-9,11,17H,3,5,10H2,1-2H3. The Morgan fingerprint density at radius 1 is 1.44 bits per heavy atom. The van der Waals surface area contributed by atoms with E-state index < -0.39 is 0 Å². The van der Waals surface area contributed by atoms with Crippen LogP contribution in [0.2, 0.25) is 0 Å². The number of aryl methyl sites for hydroxylation is 2. The first-order chi connectivity index (χ1) is 8.72. The zero-order valence-corrected chi connectivity index (χ0v) is 11.0. The van der Waals surface area contributed by atoms with Gasteiger partial charge in [0.1, 0.15) is 5.82 Å². The predicted octanol–water partition coefficient (Wildman–Crippen LogP) is 2.76. The Hall–Kier alpha value is -1.77. The van der Waals surface area contributed by atoms with Gasteiger partial charge in [-0.1, -0.05) is 12.1 Å². The van der Waals surface area contributed by atoms with Gasteiger partial charge in [-0.3, -0.25) is 0 Å². The van der Waals surface area contributed by atoms with E-state index >= 15 is 0 Å². The van der Waals surface area contributed by atoms with Crippen LogP contribution in [0.1, 0.15) is 30.3 Å². The number of rotatable bonds is 2. The number of nitrogens with zero attached hydrogens (tertiary/aromatic N) is 2. The molecule has 1 aliphatic heterocycles. The summed E-state index contributed by atoms with van der Waals surface area (Å²) in [5.41, 5.74) is 4.09. The molecule has 1 aliphatic rings. The Morgan fingerprint density at radius 3 is 3.11 bits per heavy atom. The van der Waals surface area contributed by atoms with Crippen molar-refractivity contribution < 1.29 is 0 Å². The fourth-order valence-electron chi connectivity index (χ4n) is 2.56. The molecule has 0 saturated heterocycles. The van der Waals surface area contributed by atoms with Crippen LogP contribution in [0.25, 0.3) is 0 Å². The van der Waals surface area contributed by atoms with Crippen molar-refractivity contribution in [3.05, 3.63) is 47.5 Å². The van der Waals surface area contributed by atoms with Crippen LogP contribution < -0.4 is 5.32 Å². The van der Waals surface area contributed by atoms with Gasteiger partial charge in [0.25, 0.3) is 0 Å². The highest BCUT2D eigenvalue weighted by atomic mass is 15.0. The van der Waals surface area contributed by atoms with E-state index in [1.807, 2.05) is 19.4 Å². The first kappa shape index (κ1) is 11.3. The molecule has 0 bridgehead atoms. The quantitative estimate of drug-likeness (QED) is 0.876. The number of hydrogen-bond donors (Lipinski definition) is 1. The van der Waals surface area contributed by atoms with Gasteiger partial charge >= 0.3 is 0 Å². The highest BCUT2D eigenvalue weighted by Crippen LogP contribution is 2.26. The Morgan fingerprint density at radius 2 is 2.33 bits per heavy atom. The van der Waals surface area contributed by atoms with E-state index in [1.165, 1.54) is 29.7 Å². The summed E-state index contributed by atoms with van der Waals surface area (Å²) in [5.74, 6) is 1.12. The molecular formula is C15H19N3. The zero-order chi connectivity index (χ0) is 12.5. The minimum absolute atomic E-state index is 0.595. The summed E-state index contributed by atoms with van der Waals surface area (Å²) in [6, 6.07) is 7.34. The third-order valence-corrected chi connectivity index (χ3v) is 3.70. The molecule has 2 heterocycles. The minimum atomic E-state index is 0.595. The van der Waals surface area contributed by atoms with Crippen molar-refractivity contribution in [2.24, 2.45) is 7.05 Å². The molecule has 0 radical (unpaired) electrons. The van der Waals surface area contributed by atoms with Gasteiger partial charge in [-0.15, -0.1) is 0 Å². The second-order valence-electron chi connectivity index (χ2n) is 5.21. The molecule has 3 heteroatoms. The second kappa shape index (κ2) is 4.48. The molecule has 0 aliphatic carbocycles. The van der Waals surface area contributed by atoms with E-state index in [0.717, 1.165) is 12.2 Å². The van der Waals surface area contributed by atoms with E-state index in [9.17, 15) is 0 Å². The molecule has 1 aromatic heterocycles. The highest BCUT2D eigenvalue weighted by molar-refractivity contribution is 5.55. The third kappa shape index (κ3) is 2.13. The van der Waals surface area contributed by atoms with Crippen LogP contribution in [0.3, 0.4) is 0 Å². The maximum Gasteiger partial charge on any atom is 0.112 e. The maximum absolute atomic E-state index is 4.38. The number of aromatic nitrogens is 2. The molecule has 0 saturated carbocycles. The minimum Gasteiger partial charge on any atom is -0.382 e. The average Bonchev–Trinajstić information content (AvgIpc) is 2.75. The van der Waals surface area contributed by atoms with E-state index in [0.29, 0.717) is 6.04 Å². The van der Waals surface area contributed by atoms with Gasteiger partial charge in [-0.25, -0.2) is 4.98 Å². The van der Waals surface area contributed by atoms with Gasteiger partial charge in [-0.2, -0.15) is 0 Å². The predicted molar refractivity (Wildman–Crippen MR) is 73.9 cm³/mol. The number of nitrogens with one attached hydrogen (secondary N) is 1. The van der Waals surface area contributed by atoms with Crippen molar-refractivity contribution in [3.8, 4) is 0 Å². The lowest BCUT2D eigenvalue weighted by atomic mass is 9.96. The molecule has 3 rings (SSSR count). The molecule has 3 nitrogen and oxygen atoms in total. The molecule has 0 fully saturated rings. The van der Waals surface area contributed by atoms with E-state index in [2.05, 4.69) is 40.0 Å². The lowest BCUT2D eigenvalue weighted by Crippen LogP contribution is -2.21. The second-order valence-corrected chi connectivity index (χ2v) is 5.21. The van der Waals surface area contributed by atoms with E-state index in [-0.39, 0.29) is 0 Å². The van der Waals surface area contributed by atoms with Gasteiger partial charge in [-0.05, 0) is 37.0 Å². The van der Waals surface area contributed by atoms with Gasteiger partial charge in [0.15, 0.2) is 0 Å². The van der Waals surface area contributed by atoms with Crippen molar-refractivity contribution in [1.29, 1.82) is 0 Å². The van der Waals surface area contributed by atoms with Crippen LogP contribution in [0.15, 0.2) is 30.6 Å². The molecule has 1 N–H and O–H groups in total. The van der Waals surface area contributed by atoms with Gasteiger partial charge < -0.3 is 9.88 Å². The Balaban J connectivity index is 1.84. The van der Waals surface area contributed by atoms with Crippen molar-refractivity contribution >= 4 is 5.69 Å². The summed E-state index contributed by atoms with van der Waals surface area (Å²) in [4.78, 5) is 4.38. The first-order valence-electron chi connectivity index (χ1n) is 6.57. The van der Waals surface area contributed by atoms with Gasteiger partial charge in [0, 0.05) is 37.6 Å². The largest absolute Gasteiger partial charge is 0.382 e. The van der Waals surface area contributed by atoms with Crippen LogP contribution in [0, 0.1) is 0 Å². The first-order valence-corrected chi connectivity index (χ1v) is 6.57. The number of fused-ring (bicyclic) bond motifs is 1. The summed E-state index contributed by atoms with van der Waals surface area (Å²) in [6.07, 6.45) is 7.16. The van der Waals surface area contributed by atoms with E-state index in [1.54, 1.807) is 0 Å². The Labute approximate surface area is 108 Å². The summed E-state index contributed by atoms with van der Waals surface area (Å²) >= 11 is 0. The molecular weight excluding hydrogens is 222 g/mol. The SMILES string of the molecule is CC1CCc2cc(Cc3nccn3C)ccc2N1. The van der Waals surface area contributed by atoms with Crippen molar-refractivity contribution in [2.45, 2.75) is 32.2 Å². The van der Waals surface area contributed by atoms with Crippen LogP contribution in [-0.4, -0.2) is 15.6 Å². The topological polar surface area (TPSA) is 29.9 Å². The molecule has 0 amide bonds. The Kier molecular flexibility index (Phi) is 2.82. The summed E-state index contributed by atoms with van der Waals surface area (Å²) in [6.45, 7) is 2.24. The summed E-state index contributed by atoms with van der Waals surface area (Å²) in [5, 5.41) is 3.54. The van der Waals surface area contributed by atoms with Crippen molar-refractivity contribution in [3.63, 3.8) is 0 Å². The summed E-state index contributed by atoms with van der Waals surface area (Å²) in [7, 11) is 2.05. The van der Waals surface area contributed by atoms with Crippen LogP contribution in [-0.2, 0) is 19.9 Å². The fraction of sp³-hybridized carbons (Fsp3) is 0.400. The van der Waals surface area contributed by atoms with Gasteiger partial charge in [0.2, 0.25) is 0 Å². The summed E-state index contributed by atoms with van der Waals surface area (Å²) < 4.78 is 2.08. The third-order valence-electron chi connectivity index (χ3n) is 3.70. The van der Waals surface area contributed by atoms with Crippen LogP contribution in [0.5, 0.6) is 0 Å². The van der Waals surface area contributed by atoms with Gasteiger partial charge in [0.05, 0.1) is 0 Å². The van der Waals surface area contributed by atoms with Crippen LogP contribution in [0.4, 0.5) is 5.69 Å².